The van der Waals surface area contributed by atoms with E-state index in [2.05, 4.69) is 10.3 Å². The number of halogens is 2. The molecule has 2 heterocycles. The van der Waals surface area contributed by atoms with Crippen molar-refractivity contribution in [3.8, 4) is 5.88 Å². The Morgan fingerprint density at radius 2 is 1.79 bits per heavy atom. The molecule has 0 saturated carbocycles. The summed E-state index contributed by atoms with van der Waals surface area (Å²) >= 11 is 6.07. The van der Waals surface area contributed by atoms with Gasteiger partial charge in [0.2, 0.25) is 17.4 Å². The minimum atomic E-state index is -1.31. The highest BCUT2D eigenvalue weighted by atomic mass is 35.5. The van der Waals surface area contributed by atoms with Gasteiger partial charge in [-0.2, -0.15) is 4.98 Å². The Kier molecular flexibility index (Phi) is 7.30. The van der Waals surface area contributed by atoms with E-state index in [0.717, 1.165) is 6.42 Å². The Morgan fingerprint density at radius 3 is 2.42 bits per heavy atom. The number of ether oxygens (including phenoxy) is 1. The number of carbonyl (C=O) groups is 2. The van der Waals surface area contributed by atoms with E-state index >= 15 is 0 Å². The van der Waals surface area contributed by atoms with Crippen molar-refractivity contribution in [2.45, 2.75) is 32.8 Å². The molecule has 0 aliphatic carbocycles. The number of rotatable bonds is 5. The lowest BCUT2D eigenvalue weighted by molar-refractivity contribution is -0.134. The summed E-state index contributed by atoms with van der Waals surface area (Å²) < 4.78 is 6.22. The first-order valence-electron chi connectivity index (χ1n) is 10.5. The number of hydrogen-bond acceptors (Lipinski definition) is 4. The predicted octanol–water partition coefficient (Wildman–Crippen LogP) is 6.11. The molecule has 6 nitrogen and oxygen atoms in total. The summed E-state index contributed by atoms with van der Waals surface area (Å²) in [6, 6.07) is 19.7. The first-order valence-corrected chi connectivity index (χ1v) is 10.9. The van der Waals surface area contributed by atoms with Crippen LogP contribution in [0, 0.1) is 5.92 Å². The fourth-order valence-electron chi connectivity index (χ4n) is 3.53. The van der Waals surface area contributed by atoms with Crippen molar-refractivity contribution in [1.29, 1.82) is 0 Å². The maximum atomic E-state index is 13.8. The predicted molar refractivity (Wildman–Crippen MR) is 133 cm³/mol. The molecule has 0 fully saturated rings. The van der Waals surface area contributed by atoms with Crippen molar-refractivity contribution in [3.05, 3.63) is 77.3 Å². The number of aromatic nitrogens is 1. The zero-order chi connectivity index (χ0) is 22.9. The maximum Gasteiger partial charge on any atom is 0.280 e. The molecule has 1 aliphatic rings. The van der Waals surface area contributed by atoms with E-state index in [9.17, 15) is 9.59 Å². The van der Waals surface area contributed by atoms with Crippen LogP contribution in [0.2, 0.25) is 5.02 Å². The number of pyridine rings is 1. The highest BCUT2D eigenvalue weighted by molar-refractivity contribution is 6.30. The van der Waals surface area contributed by atoms with Crippen LogP contribution in [-0.4, -0.2) is 16.8 Å². The van der Waals surface area contributed by atoms with Crippen molar-refractivity contribution in [2.24, 2.45) is 5.92 Å². The Morgan fingerprint density at radius 1 is 1.12 bits per heavy atom. The second-order valence-corrected chi connectivity index (χ2v) is 8.37. The second-order valence-electron chi connectivity index (χ2n) is 7.94. The van der Waals surface area contributed by atoms with Gasteiger partial charge in [0, 0.05) is 22.2 Å². The molecule has 172 valence electrons. The third-order valence-electron chi connectivity index (χ3n) is 5.71. The summed E-state index contributed by atoms with van der Waals surface area (Å²) in [5.74, 6) is 0.113. The van der Waals surface area contributed by atoms with Crippen molar-refractivity contribution in [2.75, 3.05) is 10.2 Å². The number of nitrogens with zero attached hydrogens (tertiary/aromatic N) is 2. The number of amides is 2. The molecular weight excluding hydrogens is 461 g/mol. The molecule has 2 atom stereocenters. The number of benzene rings is 2. The molecule has 0 spiro atoms. The van der Waals surface area contributed by atoms with E-state index in [1.54, 1.807) is 48.2 Å². The van der Waals surface area contributed by atoms with E-state index in [1.807, 2.05) is 44.2 Å². The zero-order valence-electron chi connectivity index (χ0n) is 18.5. The van der Waals surface area contributed by atoms with E-state index in [1.165, 1.54) is 0 Å². The average molecular weight is 486 g/mol. The molecule has 4 rings (SSSR count). The number of nitrogens with one attached hydrogen (secondary N) is 1. The van der Waals surface area contributed by atoms with Crippen LogP contribution in [-0.2, 0) is 15.2 Å². The topological polar surface area (TPSA) is 71.5 Å². The van der Waals surface area contributed by atoms with Crippen molar-refractivity contribution < 1.29 is 14.3 Å². The van der Waals surface area contributed by atoms with Crippen LogP contribution in [0.1, 0.15) is 32.8 Å². The van der Waals surface area contributed by atoms with Crippen LogP contribution in [0.4, 0.5) is 17.2 Å². The summed E-state index contributed by atoms with van der Waals surface area (Å²) in [4.78, 5) is 32.2. The quantitative estimate of drug-likeness (QED) is 0.472. The lowest BCUT2D eigenvalue weighted by Gasteiger charge is -2.40. The first-order chi connectivity index (χ1) is 15.3. The van der Waals surface area contributed by atoms with E-state index in [-0.39, 0.29) is 36.0 Å². The van der Waals surface area contributed by atoms with Gasteiger partial charge in [0.1, 0.15) is 11.5 Å². The lowest BCUT2D eigenvalue weighted by atomic mass is 9.92. The standard InChI is InChI=1S/C25H24ClN3O3.ClH/c1-4-16(2)22(30)27-21-15-14-20-23(28-21)32-25(3,17-8-6-5-7-9-17)24(31)29(20)19-12-10-18(26)11-13-19;/h5-16H,4H2,1-3H3,(H,27,28,30);1H/t16-,25+;/m1./s1. The second kappa shape index (κ2) is 9.81. The van der Waals surface area contributed by atoms with E-state index in [4.69, 9.17) is 16.3 Å². The van der Waals surface area contributed by atoms with E-state index < -0.39 is 5.60 Å². The average Bonchev–Trinajstić information content (AvgIpc) is 2.81. The molecule has 1 aliphatic heterocycles. The number of fused-ring (bicyclic) bond motifs is 1. The van der Waals surface area contributed by atoms with Crippen molar-refractivity contribution in [1.82, 2.24) is 4.98 Å². The van der Waals surface area contributed by atoms with Crippen LogP contribution in [0.15, 0.2) is 66.7 Å². The van der Waals surface area contributed by atoms with Gasteiger partial charge < -0.3 is 10.1 Å². The Labute approximate surface area is 204 Å². The SMILES string of the molecule is CC[C@@H](C)C(=O)Nc1ccc2c(n1)O[C@@](C)(c1ccccc1)C(=O)N2c1ccc(Cl)cc1.Cl. The van der Waals surface area contributed by atoms with E-state index in [0.29, 0.717) is 27.8 Å². The first kappa shape index (κ1) is 24.6. The summed E-state index contributed by atoms with van der Waals surface area (Å²) in [6.45, 7) is 5.54. The summed E-state index contributed by atoms with van der Waals surface area (Å²) in [7, 11) is 0. The molecule has 0 saturated heterocycles. The van der Waals surface area contributed by atoms with Gasteiger partial charge in [0.05, 0.1) is 0 Å². The van der Waals surface area contributed by atoms with Gasteiger partial charge in [-0.1, -0.05) is 55.8 Å². The molecule has 3 aromatic rings. The summed E-state index contributed by atoms with van der Waals surface area (Å²) in [5.41, 5.74) is 0.530. The maximum absolute atomic E-state index is 13.8. The molecule has 0 radical (unpaired) electrons. The van der Waals surface area contributed by atoms with Crippen LogP contribution in [0.25, 0.3) is 0 Å². The van der Waals surface area contributed by atoms with Crippen molar-refractivity contribution in [3.63, 3.8) is 0 Å². The normalized spacial score (nSPS) is 17.9. The monoisotopic (exact) mass is 485 g/mol. The number of anilines is 3. The summed E-state index contributed by atoms with van der Waals surface area (Å²) in [6.07, 6.45) is 0.720. The van der Waals surface area contributed by atoms with Gasteiger partial charge in [-0.3, -0.25) is 14.5 Å². The largest absolute Gasteiger partial charge is 0.455 e. The molecule has 2 aromatic carbocycles. The van der Waals surface area contributed by atoms with Gasteiger partial charge in [-0.15, -0.1) is 12.4 Å². The summed E-state index contributed by atoms with van der Waals surface area (Å²) in [5, 5.41) is 3.40. The van der Waals surface area contributed by atoms with Crippen molar-refractivity contribution >= 4 is 53.0 Å². The molecular formula is C25H25Cl2N3O3. The van der Waals surface area contributed by atoms with Crippen LogP contribution in [0.5, 0.6) is 5.88 Å². The molecule has 2 amide bonds. The molecule has 0 unspecified atom stereocenters. The highest BCUT2D eigenvalue weighted by Gasteiger charge is 2.47. The van der Waals surface area contributed by atoms with Gasteiger partial charge >= 0.3 is 0 Å². The highest BCUT2D eigenvalue weighted by Crippen LogP contribution is 2.45. The fraction of sp³-hybridized carbons (Fsp3) is 0.240. The zero-order valence-corrected chi connectivity index (χ0v) is 20.1. The Bertz CT molecular complexity index is 1160. The molecule has 1 aromatic heterocycles. The van der Waals surface area contributed by atoms with Crippen LogP contribution in [0.3, 0.4) is 0 Å². The number of hydrogen-bond donors (Lipinski definition) is 1. The third kappa shape index (κ3) is 4.68. The minimum Gasteiger partial charge on any atom is -0.455 e. The minimum absolute atomic E-state index is 0. The van der Waals surface area contributed by atoms with Crippen LogP contribution >= 0.6 is 24.0 Å². The smallest absolute Gasteiger partial charge is 0.280 e. The third-order valence-corrected chi connectivity index (χ3v) is 5.97. The Balaban J connectivity index is 0.00000306. The molecule has 8 heteroatoms. The number of carbonyl (C=O) groups excluding carboxylic acids is 2. The van der Waals surface area contributed by atoms with Gasteiger partial charge in [-0.05, 0) is 49.7 Å². The van der Waals surface area contributed by atoms with Crippen LogP contribution < -0.4 is 15.0 Å². The molecule has 33 heavy (non-hydrogen) atoms. The Hall–Kier alpha value is -3.09. The molecule has 0 bridgehead atoms. The fourth-order valence-corrected chi connectivity index (χ4v) is 3.65. The molecule has 1 N–H and O–H groups in total. The van der Waals surface area contributed by atoms with Gasteiger partial charge in [0.25, 0.3) is 5.91 Å². The van der Waals surface area contributed by atoms with Gasteiger partial charge in [-0.25, -0.2) is 0 Å². The van der Waals surface area contributed by atoms with Gasteiger partial charge in [0.15, 0.2) is 0 Å². The lowest BCUT2D eigenvalue weighted by Crippen LogP contribution is -2.50.